The monoisotopic (exact) mass is 193 g/mol. The van der Waals surface area contributed by atoms with E-state index < -0.39 is 12.3 Å². The van der Waals surface area contributed by atoms with Crippen LogP contribution < -0.4 is 0 Å². The first-order valence-electron chi connectivity index (χ1n) is 4.32. The first-order valence-corrected chi connectivity index (χ1v) is 4.32. The second kappa shape index (κ2) is 2.80. The highest BCUT2D eigenvalue weighted by Gasteiger charge is 2.45. The van der Waals surface area contributed by atoms with Crippen molar-refractivity contribution in [2.24, 2.45) is 0 Å². The van der Waals surface area contributed by atoms with Gasteiger partial charge in [-0.3, -0.25) is 4.79 Å². The van der Waals surface area contributed by atoms with Gasteiger partial charge in [-0.15, -0.1) is 0 Å². The minimum Gasteiger partial charge on any atom is -0.391 e. The van der Waals surface area contributed by atoms with Crippen LogP contribution in [0.25, 0.3) is 0 Å². The Kier molecular flexibility index (Phi) is 1.83. The lowest BCUT2D eigenvalue weighted by molar-refractivity contribution is -0.107. The molecule has 0 aliphatic carbocycles. The molecule has 74 valence electrons. The van der Waals surface area contributed by atoms with Gasteiger partial charge in [-0.2, -0.15) is 0 Å². The van der Waals surface area contributed by atoms with Crippen LogP contribution in [0.3, 0.4) is 0 Å². The number of hydrogen-bond acceptors (Lipinski definition) is 3. The van der Waals surface area contributed by atoms with Crippen molar-refractivity contribution in [2.45, 2.75) is 5.72 Å². The van der Waals surface area contributed by atoms with E-state index in [1.165, 1.54) is 7.05 Å². The van der Waals surface area contributed by atoms with Crippen LogP contribution in [0.4, 0.5) is 0 Å². The van der Waals surface area contributed by atoms with Gasteiger partial charge in [-0.25, -0.2) is 0 Å². The summed E-state index contributed by atoms with van der Waals surface area (Å²) in [6, 6.07) is 6.74. The van der Waals surface area contributed by atoms with Crippen molar-refractivity contribution < 1.29 is 15.0 Å². The summed E-state index contributed by atoms with van der Waals surface area (Å²) in [6.45, 7) is -0.494. The van der Waals surface area contributed by atoms with Gasteiger partial charge in [0.1, 0.15) is 0 Å². The number of carbonyl (C=O) groups excluding carboxylic acids is 1. The second-order valence-corrected chi connectivity index (χ2v) is 3.38. The summed E-state index contributed by atoms with van der Waals surface area (Å²) in [4.78, 5) is 12.8. The summed E-state index contributed by atoms with van der Waals surface area (Å²) >= 11 is 0. The number of fused-ring (bicyclic) bond motifs is 1. The van der Waals surface area contributed by atoms with E-state index in [0.29, 0.717) is 11.1 Å². The standard InChI is InChI=1S/C10H11NO3/c1-11-9(13)7-4-2-3-5-8(7)10(11,14)6-12/h2-5,12,14H,6H2,1H3. The molecule has 0 spiro atoms. The summed E-state index contributed by atoms with van der Waals surface area (Å²) in [5.41, 5.74) is -0.644. The third-order valence-electron chi connectivity index (χ3n) is 2.67. The molecule has 0 fully saturated rings. The van der Waals surface area contributed by atoms with Gasteiger partial charge in [-0.1, -0.05) is 18.2 Å². The van der Waals surface area contributed by atoms with Crippen molar-refractivity contribution in [3.05, 3.63) is 35.4 Å². The highest BCUT2D eigenvalue weighted by atomic mass is 16.4. The lowest BCUT2D eigenvalue weighted by atomic mass is 10.0. The van der Waals surface area contributed by atoms with E-state index in [4.69, 9.17) is 5.11 Å². The van der Waals surface area contributed by atoms with Crippen LogP contribution in [-0.2, 0) is 5.72 Å². The summed E-state index contributed by atoms with van der Waals surface area (Å²) in [5.74, 6) is -0.267. The van der Waals surface area contributed by atoms with Crippen molar-refractivity contribution in [1.29, 1.82) is 0 Å². The van der Waals surface area contributed by atoms with Crippen molar-refractivity contribution in [2.75, 3.05) is 13.7 Å². The zero-order chi connectivity index (χ0) is 10.3. The summed E-state index contributed by atoms with van der Waals surface area (Å²) in [7, 11) is 1.47. The van der Waals surface area contributed by atoms with Crippen LogP contribution in [0.2, 0.25) is 0 Å². The topological polar surface area (TPSA) is 60.8 Å². The van der Waals surface area contributed by atoms with E-state index in [1.807, 2.05) is 0 Å². The van der Waals surface area contributed by atoms with Crippen molar-refractivity contribution in [3.8, 4) is 0 Å². The van der Waals surface area contributed by atoms with Gasteiger partial charge in [0.2, 0.25) is 0 Å². The lowest BCUT2D eigenvalue weighted by Crippen LogP contribution is -2.43. The van der Waals surface area contributed by atoms with Gasteiger partial charge >= 0.3 is 0 Å². The van der Waals surface area contributed by atoms with E-state index in [1.54, 1.807) is 24.3 Å². The molecule has 1 aliphatic heterocycles. The molecule has 0 saturated heterocycles. The maximum Gasteiger partial charge on any atom is 0.256 e. The third kappa shape index (κ3) is 0.921. The minimum absolute atomic E-state index is 0.267. The fourth-order valence-corrected chi connectivity index (χ4v) is 1.74. The normalized spacial score (nSPS) is 25.4. The Morgan fingerprint density at radius 2 is 2.07 bits per heavy atom. The molecule has 4 heteroatoms. The molecule has 1 aliphatic rings. The predicted molar refractivity (Wildman–Crippen MR) is 49.5 cm³/mol. The number of benzene rings is 1. The first kappa shape index (κ1) is 9.18. The van der Waals surface area contributed by atoms with Crippen molar-refractivity contribution >= 4 is 5.91 Å². The Labute approximate surface area is 81.4 Å². The Bertz CT molecular complexity index is 391. The maximum atomic E-state index is 11.6. The molecular weight excluding hydrogens is 182 g/mol. The van der Waals surface area contributed by atoms with Gasteiger partial charge in [0.05, 0.1) is 6.61 Å². The molecule has 1 aromatic carbocycles. The van der Waals surface area contributed by atoms with E-state index in [-0.39, 0.29) is 5.91 Å². The molecule has 1 atom stereocenters. The van der Waals surface area contributed by atoms with Gasteiger partial charge in [0.25, 0.3) is 5.91 Å². The number of rotatable bonds is 1. The number of carbonyl (C=O) groups is 1. The molecule has 1 amide bonds. The molecule has 14 heavy (non-hydrogen) atoms. The Morgan fingerprint density at radius 1 is 1.43 bits per heavy atom. The average Bonchev–Trinajstić information content (AvgIpc) is 2.43. The van der Waals surface area contributed by atoms with Crippen LogP contribution in [-0.4, -0.2) is 34.7 Å². The number of nitrogens with zero attached hydrogens (tertiary/aromatic N) is 1. The summed E-state index contributed by atoms with van der Waals surface area (Å²) < 4.78 is 0. The molecule has 0 aromatic heterocycles. The minimum atomic E-state index is -1.56. The van der Waals surface area contributed by atoms with Crippen LogP contribution >= 0.6 is 0 Å². The number of aliphatic hydroxyl groups is 2. The molecule has 0 bridgehead atoms. The van der Waals surface area contributed by atoms with E-state index >= 15 is 0 Å². The van der Waals surface area contributed by atoms with Crippen molar-refractivity contribution in [3.63, 3.8) is 0 Å². The van der Waals surface area contributed by atoms with Gasteiger partial charge in [0, 0.05) is 18.2 Å². The van der Waals surface area contributed by atoms with E-state index in [0.717, 1.165) is 4.90 Å². The number of amides is 1. The molecule has 0 radical (unpaired) electrons. The molecule has 0 saturated carbocycles. The highest BCUT2D eigenvalue weighted by Crippen LogP contribution is 2.35. The van der Waals surface area contributed by atoms with Crippen LogP contribution in [0.5, 0.6) is 0 Å². The molecule has 2 rings (SSSR count). The van der Waals surface area contributed by atoms with Gasteiger partial charge in [-0.05, 0) is 6.07 Å². The lowest BCUT2D eigenvalue weighted by Gasteiger charge is -2.28. The van der Waals surface area contributed by atoms with E-state index in [2.05, 4.69) is 0 Å². The molecule has 1 aromatic rings. The summed E-state index contributed by atoms with van der Waals surface area (Å²) in [6.07, 6.45) is 0. The van der Waals surface area contributed by atoms with Crippen LogP contribution in [0.1, 0.15) is 15.9 Å². The zero-order valence-electron chi connectivity index (χ0n) is 7.77. The number of hydrogen-bond donors (Lipinski definition) is 2. The molecule has 4 nitrogen and oxygen atoms in total. The van der Waals surface area contributed by atoms with Crippen molar-refractivity contribution in [1.82, 2.24) is 4.90 Å². The van der Waals surface area contributed by atoms with Gasteiger partial charge < -0.3 is 15.1 Å². The van der Waals surface area contributed by atoms with E-state index in [9.17, 15) is 9.90 Å². The Balaban J connectivity index is 2.65. The number of likely N-dealkylation sites (N-methyl/N-ethyl adjacent to an activating group) is 1. The third-order valence-corrected chi connectivity index (χ3v) is 2.67. The fraction of sp³-hybridized carbons (Fsp3) is 0.300. The second-order valence-electron chi connectivity index (χ2n) is 3.38. The largest absolute Gasteiger partial charge is 0.391 e. The molecular formula is C10H11NO3. The quantitative estimate of drug-likeness (QED) is 0.655. The van der Waals surface area contributed by atoms with Gasteiger partial charge in [0.15, 0.2) is 5.72 Å². The SMILES string of the molecule is CN1C(=O)c2ccccc2C1(O)CO. The fourth-order valence-electron chi connectivity index (χ4n) is 1.74. The molecule has 2 N–H and O–H groups in total. The molecule has 1 heterocycles. The van der Waals surface area contributed by atoms with Crippen LogP contribution in [0.15, 0.2) is 24.3 Å². The first-order chi connectivity index (χ1) is 6.61. The molecule has 1 unspecified atom stereocenters. The highest BCUT2D eigenvalue weighted by molar-refractivity contribution is 5.99. The average molecular weight is 193 g/mol. The predicted octanol–water partition coefficient (Wildman–Crippen LogP) is -0.0904. The summed E-state index contributed by atoms with van der Waals surface area (Å²) in [5, 5.41) is 19.2. The Hall–Kier alpha value is -1.39. The maximum absolute atomic E-state index is 11.6. The smallest absolute Gasteiger partial charge is 0.256 e. The Morgan fingerprint density at radius 3 is 2.71 bits per heavy atom. The number of aliphatic hydroxyl groups excluding tert-OH is 1. The zero-order valence-corrected chi connectivity index (χ0v) is 7.77. The van der Waals surface area contributed by atoms with Crippen LogP contribution in [0, 0.1) is 0 Å².